The molecule has 2 atom stereocenters. The minimum absolute atomic E-state index is 0.0323. The molecular weight excluding hydrogens is 548 g/mol. The molecule has 41 heavy (non-hydrogen) atoms. The van der Waals surface area contributed by atoms with Crippen molar-refractivity contribution in [3.63, 3.8) is 0 Å². The Kier molecular flexibility index (Phi) is 7.84. The van der Waals surface area contributed by atoms with Gasteiger partial charge in [0.15, 0.2) is 5.78 Å². The number of benzene rings is 3. The highest BCUT2D eigenvalue weighted by atomic mass is 35.5. The Morgan fingerprint density at radius 1 is 0.976 bits per heavy atom. The number of hydrogen-bond donors (Lipinski definition) is 0. The lowest BCUT2D eigenvalue weighted by Crippen LogP contribution is -2.27. The number of ether oxygens (including phenoxy) is 1. The minimum atomic E-state index is -0.705. The summed E-state index contributed by atoms with van der Waals surface area (Å²) < 4.78 is 7.41. The molecule has 1 aliphatic rings. The Hall–Kier alpha value is -3.12. The molecule has 1 aromatic heterocycles. The summed E-state index contributed by atoms with van der Waals surface area (Å²) in [6.45, 7) is 16.2. The van der Waals surface area contributed by atoms with Gasteiger partial charge in [0.25, 0.3) is 0 Å². The number of thiazole rings is 1. The lowest BCUT2D eigenvalue weighted by molar-refractivity contribution is -0.138. The van der Waals surface area contributed by atoms with Gasteiger partial charge in [-0.2, -0.15) is 0 Å². The number of halogens is 1. The zero-order valence-electron chi connectivity index (χ0n) is 25.0. The Balaban J connectivity index is 1.68. The first kappa shape index (κ1) is 29.4. The molecule has 0 radical (unpaired) electrons. The third-order valence-electron chi connectivity index (χ3n) is 7.21. The summed E-state index contributed by atoms with van der Waals surface area (Å²) in [6, 6.07) is 18.5. The zero-order valence-corrected chi connectivity index (χ0v) is 26.6. The molecule has 5 rings (SSSR count). The van der Waals surface area contributed by atoms with Crippen LogP contribution in [0.1, 0.15) is 71.3 Å². The van der Waals surface area contributed by atoms with Crippen molar-refractivity contribution in [2.75, 3.05) is 0 Å². The number of rotatable bonds is 6. The van der Waals surface area contributed by atoms with Crippen LogP contribution in [0.25, 0.3) is 37.5 Å². The summed E-state index contributed by atoms with van der Waals surface area (Å²) in [5, 5.41) is 1.58. The second-order valence-corrected chi connectivity index (χ2v) is 14.3. The van der Waals surface area contributed by atoms with Crippen LogP contribution in [0.3, 0.4) is 0 Å². The number of ketones is 1. The number of fused-ring (bicyclic) bond motifs is 1. The van der Waals surface area contributed by atoms with E-state index in [9.17, 15) is 4.79 Å². The molecule has 2 heterocycles. The van der Waals surface area contributed by atoms with Gasteiger partial charge in [-0.3, -0.25) is 9.79 Å². The molecule has 0 amide bonds. The summed E-state index contributed by atoms with van der Waals surface area (Å²) in [7, 11) is 0. The fourth-order valence-corrected chi connectivity index (χ4v) is 6.41. The van der Waals surface area contributed by atoms with E-state index in [1.54, 1.807) is 18.3 Å². The number of aromatic nitrogens is 1. The first-order valence-electron chi connectivity index (χ1n) is 14.0. The van der Waals surface area contributed by atoms with E-state index in [0.717, 1.165) is 54.2 Å². The third-order valence-corrected chi connectivity index (χ3v) is 8.60. The van der Waals surface area contributed by atoms with Crippen molar-refractivity contribution in [3.05, 3.63) is 82.4 Å². The number of hydrogen-bond acceptors (Lipinski definition) is 5. The van der Waals surface area contributed by atoms with Crippen LogP contribution >= 0.6 is 22.9 Å². The van der Waals surface area contributed by atoms with Gasteiger partial charge in [-0.05, 0) is 86.6 Å². The smallest absolute Gasteiger partial charge is 0.163 e. The van der Waals surface area contributed by atoms with Crippen molar-refractivity contribution in [1.82, 2.24) is 4.98 Å². The van der Waals surface area contributed by atoms with Crippen LogP contribution in [0.15, 0.2) is 65.7 Å². The van der Waals surface area contributed by atoms with Gasteiger partial charge in [0.05, 0.1) is 21.9 Å². The van der Waals surface area contributed by atoms with Crippen molar-refractivity contribution in [2.45, 2.75) is 73.1 Å². The maximum Gasteiger partial charge on any atom is 0.163 e. The van der Waals surface area contributed by atoms with Crippen LogP contribution < -0.4 is 0 Å². The number of nitrogens with zero attached hydrogens (tertiary/aromatic N) is 2. The third kappa shape index (κ3) is 6.23. The number of Topliss-reactive ketones (excluding diaryl/α,β-unsaturated/α-hetero) is 1. The van der Waals surface area contributed by atoms with Gasteiger partial charge in [-0.25, -0.2) is 4.98 Å². The van der Waals surface area contributed by atoms with Gasteiger partial charge in [-0.15, -0.1) is 11.3 Å². The maximum atomic E-state index is 13.0. The first-order valence-corrected chi connectivity index (χ1v) is 15.1. The molecule has 212 valence electrons. The van der Waals surface area contributed by atoms with Gasteiger partial charge in [0, 0.05) is 27.9 Å². The van der Waals surface area contributed by atoms with Gasteiger partial charge < -0.3 is 4.74 Å². The molecule has 0 spiro atoms. The Labute approximate surface area is 252 Å². The van der Waals surface area contributed by atoms with Crippen LogP contribution in [-0.2, 0) is 9.53 Å². The number of carbonyl (C=O) groups excluding carboxylic acids is 1. The van der Waals surface area contributed by atoms with Gasteiger partial charge in [0.1, 0.15) is 11.1 Å². The maximum absolute atomic E-state index is 13.0. The number of allylic oxidation sites excluding steroid dienone is 1. The topological polar surface area (TPSA) is 51.5 Å². The molecular formula is C35H37ClN2O2S. The van der Waals surface area contributed by atoms with Crippen LogP contribution in [0, 0.1) is 12.3 Å². The summed E-state index contributed by atoms with van der Waals surface area (Å²) in [6.07, 6.45) is 3.53. The Morgan fingerprint density at radius 3 is 2.27 bits per heavy atom. The molecule has 3 aromatic carbocycles. The molecule has 0 aliphatic carbocycles. The highest BCUT2D eigenvalue weighted by Crippen LogP contribution is 2.45. The van der Waals surface area contributed by atoms with E-state index in [1.807, 2.05) is 58.2 Å². The summed E-state index contributed by atoms with van der Waals surface area (Å²) in [4.78, 5) is 22.9. The van der Waals surface area contributed by atoms with Crippen LogP contribution in [0.2, 0.25) is 5.02 Å². The normalized spacial score (nSPS) is 16.3. The van der Waals surface area contributed by atoms with Crippen molar-refractivity contribution in [2.24, 2.45) is 10.4 Å². The highest BCUT2D eigenvalue weighted by Gasteiger charge is 2.31. The minimum Gasteiger partial charge on any atom is -0.360 e. The first-order chi connectivity index (χ1) is 19.2. The highest BCUT2D eigenvalue weighted by molar-refractivity contribution is 7.22. The SMILES string of the molecule is CC(=O)[C@@H](OC(C)(C)C)c1c(C)cc2nc(-c3cccc(C4=CC(C(C)(C)C)N=C4)c3)sc2c1-c1ccc(Cl)cc1. The van der Waals surface area contributed by atoms with Crippen molar-refractivity contribution in [3.8, 4) is 21.7 Å². The van der Waals surface area contributed by atoms with E-state index < -0.39 is 11.7 Å². The summed E-state index contributed by atoms with van der Waals surface area (Å²) >= 11 is 7.91. The average Bonchev–Trinajstić information content (AvgIpc) is 3.55. The van der Waals surface area contributed by atoms with Crippen molar-refractivity contribution >= 4 is 50.7 Å². The predicted octanol–water partition coefficient (Wildman–Crippen LogP) is 9.92. The summed E-state index contributed by atoms with van der Waals surface area (Å²) in [5.74, 6) is -0.0323. The number of aliphatic imine (C=N–C) groups is 1. The molecule has 0 bridgehead atoms. The predicted molar refractivity (Wildman–Crippen MR) is 174 cm³/mol. The fraction of sp³-hybridized carbons (Fsp3) is 0.343. The quantitative estimate of drug-likeness (QED) is 0.226. The van der Waals surface area contributed by atoms with E-state index in [1.165, 1.54) is 0 Å². The molecule has 1 aliphatic heterocycles. The van der Waals surface area contributed by atoms with Crippen LogP contribution in [0.5, 0.6) is 0 Å². The number of aryl methyl sites for hydroxylation is 1. The second-order valence-electron chi connectivity index (χ2n) is 12.9. The molecule has 0 saturated heterocycles. The molecule has 1 unspecified atom stereocenters. The molecule has 0 saturated carbocycles. The van der Waals surface area contributed by atoms with E-state index in [-0.39, 0.29) is 17.2 Å². The lowest BCUT2D eigenvalue weighted by atomic mass is 9.87. The van der Waals surface area contributed by atoms with E-state index in [4.69, 9.17) is 26.3 Å². The lowest BCUT2D eigenvalue weighted by Gasteiger charge is -2.29. The van der Waals surface area contributed by atoms with Gasteiger partial charge in [-0.1, -0.05) is 68.8 Å². The van der Waals surface area contributed by atoms with Crippen LogP contribution in [0.4, 0.5) is 0 Å². The molecule has 4 nitrogen and oxygen atoms in total. The Bertz CT molecular complexity index is 1680. The van der Waals surface area contributed by atoms with Crippen molar-refractivity contribution in [1.29, 1.82) is 0 Å². The van der Waals surface area contributed by atoms with Crippen LogP contribution in [-0.4, -0.2) is 28.6 Å². The molecule has 6 heteroatoms. The van der Waals surface area contributed by atoms with Crippen molar-refractivity contribution < 1.29 is 9.53 Å². The summed E-state index contributed by atoms with van der Waals surface area (Å²) in [5.41, 5.74) is 7.58. The largest absolute Gasteiger partial charge is 0.360 e. The average molecular weight is 585 g/mol. The van der Waals surface area contributed by atoms with Gasteiger partial charge in [0.2, 0.25) is 0 Å². The standard InChI is InChI=1S/C35H37ClN2O2S/c1-20-16-27-32(30(22-12-14-26(36)15-13-22)29(20)31(21(2)39)40-35(6,7)8)41-33(38-27)24-11-9-10-23(17-24)25-18-28(37-19-25)34(3,4)5/h9-19,28,31H,1-8H3/t28?,31-/m1/s1. The Morgan fingerprint density at radius 2 is 1.66 bits per heavy atom. The molecule has 0 N–H and O–H groups in total. The molecule has 4 aromatic rings. The zero-order chi connectivity index (χ0) is 29.7. The van der Waals surface area contributed by atoms with Gasteiger partial charge >= 0.3 is 0 Å². The van der Waals surface area contributed by atoms with E-state index >= 15 is 0 Å². The van der Waals surface area contributed by atoms with E-state index in [2.05, 4.69) is 57.2 Å². The molecule has 0 fully saturated rings. The monoisotopic (exact) mass is 584 g/mol. The second kappa shape index (κ2) is 10.9. The number of carbonyl (C=O) groups is 1. The fourth-order valence-electron chi connectivity index (χ4n) is 5.17. The van der Waals surface area contributed by atoms with E-state index in [0.29, 0.717) is 5.02 Å².